The Morgan fingerprint density at radius 1 is 1.44 bits per heavy atom. The second-order valence-electron chi connectivity index (χ2n) is 6.85. The molecular formula is C16H20ClFN4O2S. The molecule has 3 rings (SSSR count). The van der Waals surface area contributed by atoms with Gasteiger partial charge >= 0.3 is 0 Å². The predicted molar refractivity (Wildman–Crippen MR) is 97.9 cm³/mol. The third-order valence-electron chi connectivity index (χ3n) is 4.57. The van der Waals surface area contributed by atoms with Crippen LogP contribution in [-0.2, 0) is 15.6 Å². The van der Waals surface area contributed by atoms with Gasteiger partial charge in [0.1, 0.15) is 11.4 Å². The second kappa shape index (κ2) is 5.60. The first-order valence-corrected chi connectivity index (χ1v) is 9.78. The number of hydrogen-bond donors (Lipinski definition) is 2. The van der Waals surface area contributed by atoms with Crippen LogP contribution >= 0.6 is 11.6 Å². The molecule has 1 aromatic carbocycles. The number of nitrogens with one attached hydrogen (secondary N) is 1. The highest BCUT2D eigenvalue weighted by Gasteiger charge is 2.42. The van der Waals surface area contributed by atoms with Gasteiger partial charge in [-0.1, -0.05) is 25.4 Å². The number of sulfonamides is 1. The predicted octanol–water partition coefficient (Wildman–Crippen LogP) is 2.89. The quantitative estimate of drug-likeness (QED) is 0.831. The molecule has 1 aromatic heterocycles. The zero-order valence-electron chi connectivity index (χ0n) is 14.4. The van der Waals surface area contributed by atoms with Gasteiger partial charge in [-0.05, 0) is 25.0 Å². The van der Waals surface area contributed by atoms with Crippen LogP contribution in [0.5, 0.6) is 0 Å². The maximum Gasteiger partial charge on any atom is 0.239 e. The van der Waals surface area contributed by atoms with E-state index in [4.69, 9.17) is 17.3 Å². The molecule has 2 aromatic rings. The molecule has 3 N–H and O–H groups in total. The lowest BCUT2D eigenvalue weighted by Crippen LogP contribution is -2.50. The van der Waals surface area contributed by atoms with Crippen LogP contribution in [-0.4, -0.2) is 36.5 Å². The van der Waals surface area contributed by atoms with Gasteiger partial charge in [-0.3, -0.25) is 0 Å². The van der Waals surface area contributed by atoms with Crippen molar-refractivity contribution >= 4 is 38.5 Å². The van der Waals surface area contributed by atoms with E-state index < -0.39 is 21.4 Å². The van der Waals surface area contributed by atoms with Gasteiger partial charge in [-0.15, -0.1) is 0 Å². The lowest BCUT2D eigenvalue weighted by Gasteiger charge is -2.34. The van der Waals surface area contributed by atoms with Crippen LogP contribution in [0.4, 0.5) is 4.39 Å². The number of guanidine groups is 1. The maximum atomic E-state index is 14.8. The first kappa shape index (κ1) is 18.0. The number of rotatable bonds is 2. The Labute approximate surface area is 150 Å². The van der Waals surface area contributed by atoms with Crippen LogP contribution in [0.25, 0.3) is 10.9 Å². The van der Waals surface area contributed by atoms with Gasteiger partial charge in [0.15, 0.2) is 0 Å². The van der Waals surface area contributed by atoms with Crippen molar-refractivity contribution in [1.82, 2.24) is 9.29 Å². The Kier molecular flexibility index (Phi) is 4.04. The molecule has 1 aliphatic rings. The van der Waals surface area contributed by atoms with Gasteiger partial charge in [0.2, 0.25) is 16.0 Å². The maximum absolute atomic E-state index is 14.8. The summed E-state index contributed by atoms with van der Waals surface area (Å²) in [5.41, 5.74) is 6.03. The van der Waals surface area contributed by atoms with Crippen molar-refractivity contribution in [3.8, 4) is 0 Å². The largest absolute Gasteiger partial charge is 0.369 e. The molecule has 0 bridgehead atoms. The number of aromatic amines is 1. The fourth-order valence-corrected chi connectivity index (χ4v) is 4.97. The van der Waals surface area contributed by atoms with E-state index in [0.717, 1.165) is 10.00 Å². The summed E-state index contributed by atoms with van der Waals surface area (Å²) in [5, 5.41) is 1.03. The molecule has 1 atom stereocenters. The molecule has 25 heavy (non-hydrogen) atoms. The average Bonchev–Trinajstić information content (AvgIpc) is 2.80. The van der Waals surface area contributed by atoms with Crippen molar-refractivity contribution in [3.05, 3.63) is 34.2 Å². The Bertz CT molecular complexity index is 999. The molecule has 6 nitrogen and oxygen atoms in total. The number of aromatic nitrogens is 1. The van der Waals surface area contributed by atoms with Crippen molar-refractivity contribution in [1.29, 1.82) is 0 Å². The molecule has 2 heterocycles. The van der Waals surface area contributed by atoms with Gasteiger partial charge in [0.05, 0.1) is 10.8 Å². The summed E-state index contributed by atoms with van der Waals surface area (Å²) in [4.78, 5) is 7.44. The van der Waals surface area contributed by atoms with Crippen molar-refractivity contribution in [3.63, 3.8) is 0 Å². The minimum atomic E-state index is -3.68. The van der Waals surface area contributed by atoms with Crippen molar-refractivity contribution in [2.75, 3.05) is 12.8 Å². The SMILES string of the molecule is CC(C)c1[nH]c2cc([C@]3(C)CS(=O)(=O)N(C)C(N)=N3)c(F)cc2c1Cl. The number of aliphatic imine (C=N–C) groups is 1. The van der Waals surface area contributed by atoms with Crippen LogP contribution in [0.15, 0.2) is 17.1 Å². The van der Waals surface area contributed by atoms with Crippen LogP contribution < -0.4 is 5.73 Å². The third-order valence-corrected chi connectivity index (χ3v) is 6.93. The first-order valence-electron chi connectivity index (χ1n) is 7.79. The molecule has 9 heteroatoms. The van der Waals surface area contributed by atoms with Crippen molar-refractivity contribution < 1.29 is 12.8 Å². The van der Waals surface area contributed by atoms with Gasteiger partial charge < -0.3 is 10.7 Å². The minimum absolute atomic E-state index is 0.138. The number of H-pyrrole nitrogens is 1. The fraction of sp³-hybridized carbons (Fsp3) is 0.438. The topological polar surface area (TPSA) is 91.5 Å². The Balaban J connectivity index is 2.24. The van der Waals surface area contributed by atoms with Crippen LogP contribution in [0.1, 0.15) is 37.9 Å². The van der Waals surface area contributed by atoms with Gasteiger partial charge in [0, 0.05) is 29.2 Å². The second-order valence-corrected chi connectivity index (χ2v) is 9.23. The number of nitrogens with zero attached hydrogens (tertiary/aromatic N) is 2. The average molecular weight is 387 g/mol. The minimum Gasteiger partial charge on any atom is -0.369 e. The van der Waals surface area contributed by atoms with Gasteiger partial charge in [-0.25, -0.2) is 22.1 Å². The molecule has 0 spiro atoms. The highest BCUT2D eigenvalue weighted by Crippen LogP contribution is 2.38. The molecule has 0 amide bonds. The van der Waals surface area contributed by atoms with E-state index >= 15 is 0 Å². The molecule has 136 valence electrons. The lowest BCUT2D eigenvalue weighted by molar-refractivity contribution is 0.458. The summed E-state index contributed by atoms with van der Waals surface area (Å²) in [5.74, 6) is -0.965. The summed E-state index contributed by atoms with van der Waals surface area (Å²) in [6.07, 6.45) is 0. The van der Waals surface area contributed by atoms with Gasteiger partial charge in [-0.2, -0.15) is 0 Å². The number of hydrogen-bond acceptors (Lipinski definition) is 4. The molecule has 1 aliphatic heterocycles. The summed E-state index contributed by atoms with van der Waals surface area (Å²) in [7, 11) is -2.35. The van der Waals surface area contributed by atoms with E-state index in [0.29, 0.717) is 15.9 Å². The van der Waals surface area contributed by atoms with E-state index in [1.807, 2.05) is 13.8 Å². The zero-order chi connectivity index (χ0) is 18.7. The summed E-state index contributed by atoms with van der Waals surface area (Å²) in [6.45, 7) is 5.51. The van der Waals surface area contributed by atoms with Crippen LogP contribution in [0.3, 0.4) is 0 Å². The molecule has 0 aliphatic carbocycles. The molecule has 0 saturated heterocycles. The molecule has 0 unspecified atom stereocenters. The Morgan fingerprint density at radius 2 is 2.08 bits per heavy atom. The van der Waals surface area contributed by atoms with Gasteiger partial charge in [0.25, 0.3) is 0 Å². The monoisotopic (exact) mass is 386 g/mol. The lowest BCUT2D eigenvalue weighted by atomic mass is 9.93. The summed E-state index contributed by atoms with van der Waals surface area (Å²) in [6, 6.07) is 2.89. The summed E-state index contributed by atoms with van der Waals surface area (Å²) < 4.78 is 40.4. The van der Waals surface area contributed by atoms with Crippen molar-refractivity contribution in [2.45, 2.75) is 32.2 Å². The third kappa shape index (κ3) is 2.77. The first-order chi connectivity index (χ1) is 11.5. The molecule has 0 saturated carbocycles. The molecule has 0 radical (unpaired) electrons. The number of fused-ring (bicyclic) bond motifs is 1. The smallest absolute Gasteiger partial charge is 0.239 e. The number of halogens is 2. The van der Waals surface area contributed by atoms with E-state index in [1.54, 1.807) is 13.0 Å². The normalized spacial score (nSPS) is 23.3. The highest BCUT2D eigenvalue weighted by molar-refractivity contribution is 7.89. The van der Waals surface area contributed by atoms with E-state index in [9.17, 15) is 12.8 Å². The van der Waals surface area contributed by atoms with Crippen molar-refractivity contribution in [2.24, 2.45) is 10.7 Å². The van der Waals surface area contributed by atoms with E-state index in [-0.39, 0.29) is 23.2 Å². The van der Waals surface area contributed by atoms with E-state index in [1.165, 1.54) is 13.1 Å². The standard InChI is InChI=1S/C16H20ClFN4O2S/c1-8(2)14-13(17)9-5-11(18)10(6-12(9)20-14)16(3)7-25(23,24)22(4)15(19)21-16/h5-6,8,20H,7H2,1-4H3,(H2,19,21)/t16-/m0/s1. The van der Waals surface area contributed by atoms with Crippen LogP contribution in [0.2, 0.25) is 5.02 Å². The highest BCUT2D eigenvalue weighted by atomic mass is 35.5. The number of nitrogens with two attached hydrogens (primary N) is 1. The molecule has 0 fully saturated rings. The molecular weight excluding hydrogens is 367 g/mol. The van der Waals surface area contributed by atoms with E-state index in [2.05, 4.69) is 9.98 Å². The summed E-state index contributed by atoms with van der Waals surface area (Å²) >= 11 is 6.34. The van der Waals surface area contributed by atoms with Crippen LogP contribution in [0, 0.1) is 5.82 Å². The Morgan fingerprint density at radius 3 is 2.64 bits per heavy atom. The number of benzene rings is 1. The Hall–Kier alpha value is -1.80. The fourth-order valence-electron chi connectivity index (χ4n) is 3.10. The zero-order valence-corrected chi connectivity index (χ0v) is 16.0.